The van der Waals surface area contributed by atoms with Crippen LogP contribution in [0.5, 0.6) is 0 Å². The van der Waals surface area contributed by atoms with Gasteiger partial charge in [0.1, 0.15) is 11.2 Å². The zero-order valence-electron chi connectivity index (χ0n) is 14.5. The average molecular weight is 320 g/mol. The summed E-state index contributed by atoms with van der Waals surface area (Å²) in [4.78, 5) is 5.31. The maximum atomic E-state index is 6.06. The molecule has 3 heteroatoms. The summed E-state index contributed by atoms with van der Waals surface area (Å²) in [6.07, 6.45) is 4.40. The Morgan fingerprint density at radius 3 is 2.79 bits per heavy atom. The van der Waals surface area contributed by atoms with E-state index in [0.29, 0.717) is 12.2 Å². The molecule has 24 heavy (non-hydrogen) atoms. The molecule has 6 rings (SSSR count). The van der Waals surface area contributed by atoms with Gasteiger partial charge in [-0.3, -0.25) is 4.90 Å². The van der Waals surface area contributed by atoms with Crippen molar-refractivity contribution in [1.29, 1.82) is 0 Å². The molecule has 0 N–H and O–H groups in total. The minimum Gasteiger partial charge on any atom is -0.456 e. The predicted octanol–water partition coefficient (Wildman–Crippen LogP) is 4.91. The normalized spacial score (nSPS) is 27.1. The molecule has 3 saturated heterocycles. The highest BCUT2D eigenvalue weighted by molar-refractivity contribution is 6.06. The lowest BCUT2D eigenvalue weighted by molar-refractivity contribution is 0.177. The van der Waals surface area contributed by atoms with E-state index >= 15 is 0 Å². The van der Waals surface area contributed by atoms with E-state index < -0.39 is 0 Å². The van der Waals surface area contributed by atoms with Crippen LogP contribution in [-0.4, -0.2) is 30.2 Å². The highest BCUT2D eigenvalue weighted by Gasteiger charge is 2.36. The average Bonchev–Trinajstić information content (AvgIpc) is 2.72. The number of aryl methyl sites for hydroxylation is 1. The van der Waals surface area contributed by atoms with Gasteiger partial charge in [0.2, 0.25) is 0 Å². The number of rotatable bonds is 1. The number of furan rings is 1. The standard InChI is InChI=1S/C21H24N2O/c1-14-12-21-18(17-7-3-4-8-20(17)24-21)13-19(14)23-15(2)22-10-5-6-16(23)9-11-22/h3-4,7-8,12-13,15-16H,5-6,9-11H2,1-2H3/t15-,16?/m0/s1. The molecule has 0 radical (unpaired) electrons. The molecular formula is C21H24N2O. The van der Waals surface area contributed by atoms with Crippen LogP contribution in [0.2, 0.25) is 0 Å². The number of nitrogens with zero attached hydrogens (tertiary/aromatic N) is 2. The smallest absolute Gasteiger partial charge is 0.135 e. The van der Waals surface area contributed by atoms with Gasteiger partial charge in [-0.25, -0.2) is 0 Å². The Morgan fingerprint density at radius 2 is 1.88 bits per heavy atom. The van der Waals surface area contributed by atoms with Crippen LogP contribution in [0.15, 0.2) is 40.8 Å². The van der Waals surface area contributed by atoms with E-state index in [1.165, 1.54) is 54.4 Å². The Hall–Kier alpha value is -2.00. The van der Waals surface area contributed by atoms with Gasteiger partial charge in [0.15, 0.2) is 0 Å². The molecule has 3 aliphatic rings. The maximum Gasteiger partial charge on any atom is 0.135 e. The minimum atomic E-state index is 0.487. The maximum absolute atomic E-state index is 6.06. The number of anilines is 1. The lowest BCUT2D eigenvalue weighted by atomic mass is 10.0. The largest absolute Gasteiger partial charge is 0.456 e. The Kier molecular flexibility index (Phi) is 3.14. The number of benzene rings is 2. The molecule has 3 atom stereocenters. The van der Waals surface area contributed by atoms with Crippen LogP contribution in [0, 0.1) is 6.92 Å². The molecule has 3 nitrogen and oxygen atoms in total. The van der Waals surface area contributed by atoms with Crippen molar-refractivity contribution in [3.63, 3.8) is 0 Å². The Labute approximate surface area is 142 Å². The molecule has 3 aromatic rings. The van der Waals surface area contributed by atoms with Crippen molar-refractivity contribution in [2.45, 2.75) is 45.3 Å². The van der Waals surface area contributed by atoms with Crippen molar-refractivity contribution < 1.29 is 4.42 Å². The second-order valence-electron chi connectivity index (χ2n) is 7.39. The fraction of sp³-hybridized carbons (Fsp3) is 0.429. The fourth-order valence-corrected chi connectivity index (χ4v) is 4.77. The van der Waals surface area contributed by atoms with Crippen LogP contribution in [0.4, 0.5) is 5.69 Å². The van der Waals surface area contributed by atoms with E-state index in [9.17, 15) is 0 Å². The van der Waals surface area contributed by atoms with Gasteiger partial charge in [0, 0.05) is 35.6 Å². The SMILES string of the molecule is Cc1cc2oc3ccccc3c2cc1N1C2CCCN(CC2)[C@@H]1C. The molecule has 0 saturated carbocycles. The highest BCUT2D eigenvalue weighted by Crippen LogP contribution is 2.39. The second kappa shape index (κ2) is 5.25. The summed E-state index contributed by atoms with van der Waals surface area (Å²) < 4.78 is 6.06. The second-order valence-corrected chi connectivity index (χ2v) is 7.39. The van der Waals surface area contributed by atoms with Gasteiger partial charge in [0.25, 0.3) is 0 Å². The lowest BCUT2D eigenvalue weighted by Crippen LogP contribution is -2.55. The predicted molar refractivity (Wildman–Crippen MR) is 99.6 cm³/mol. The molecule has 2 bridgehead atoms. The Balaban J connectivity index is 1.71. The molecule has 2 unspecified atom stereocenters. The quantitative estimate of drug-likeness (QED) is 0.635. The first-order valence-corrected chi connectivity index (χ1v) is 9.16. The van der Waals surface area contributed by atoms with Crippen molar-refractivity contribution in [3.05, 3.63) is 42.0 Å². The van der Waals surface area contributed by atoms with Crippen molar-refractivity contribution in [2.75, 3.05) is 18.0 Å². The third-order valence-electron chi connectivity index (χ3n) is 6.03. The van der Waals surface area contributed by atoms with Crippen LogP contribution < -0.4 is 4.90 Å². The summed E-state index contributed by atoms with van der Waals surface area (Å²) in [5.74, 6) is 0. The summed E-state index contributed by atoms with van der Waals surface area (Å²) in [7, 11) is 0. The summed E-state index contributed by atoms with van der Waals surface area (Å²) in [6.45, 7) is 7.08. The van der Waals surface area contributed by atoms with Gasteiger partial charge >= 0.3 is 0 Å². The lowest BCUT2D eigenvalue weighted by Gasteiger charge is -2.46. The first kappa shape index (κ1) is 14.4. The van der Waals surface area contributed by atoms with E-state index in [1.807, 2.05) is 6.07 Å². The van der Waals surface area contributed by atoms with E-state index in [4.69, 9.17) is 4.42 Å². The van der Waals surface area contributed by atoms with Crippen molar-refractivity contribution in [2.24, 2.45) is 0 Å². The summed E-state index contributed by atoms with van der Waals surface area (Å²) in [6, 6.07) is 13.6. The van der Waals surface area contributed by atoms with E-state index in [1.54, 1.807) is 0 Å². The molecule has 3 fully saturated rings. The molecule has 3 aliphatic heterocycles. The van der Waals surface area contributed by atoms with Gasteiger partial charge in [0.05, 0.1) is 6.17 Å². The molecule has 4 heterocycles. The van der Waals surface area contributed by atoms with Crippen molar-refractivity contribution in [3.8, 4) is 0 Å². The van der Waals surface area contributed by atoms with Gasteiger partial charge in [-0.15, -0.1) is 0 Å². The van der Waals surface area contributed by atoms with Gasteiger partial charge < -0.3 is 9.32 Å². The third-order valence-corrected chi connectivity index (χ3v) is 6.03. The molecule has 0 amide bonds. The van der Waals surface area contributed by atoms with Gasteiger partial charge in [-0.05, 0) is 56.9 Å². The topological polar surface area (TPSA) is 19.6 Å². The summed E-state index contributed by atoms with van der Waals surface area (Å²) >= 11 is 0. The molecule has 0 aliphatic carbocycles. The number of fused-ring (bicyclic) bond motifs is 7. The zero-order chi connectivity index (χ0) is 16.3. The molecule has 124 valence electrons. The van der Waals surface area contributed by atoms with Gasteiger partial charge in [-0.1, -0.05) is 18.2 Å². The molecule has 2 aromatic carbocycles. The monoisotopic (exact) mass is 320 g/mol. The van der Waals surface area contributed by atoms with Crippen molar-refractivity contribution in [1.82, 2.24) is 4.90 Å². The van der Waals surface area contributed by atoms with Crippen LogP contribution in [-0.2, 0) is 0 Å². The summed E-state index contributed by atoms with van der Waals surface area (Å²) in [5, 5.41) is 2.47. The van der Waals surface area contributed by atoms with Crippen LogP contribution in [0.25, 0.3) is 21.9 Å². The molecular weight excluding hydrogens is 296 g/mol. The minimum absolute atomic E-state index is 0.487. The first-order valence-electron chi connectivity index (χ1n) is 9.16. The van der Waals surface area contributed by atoms with E-state index in [0.717, 1.165) is 11.2 Å². The van der Waals surface area contributed by atoms with Crippen LogP contribution in [0.1, 0.15) is 31.7 Å². The fourth-order valence-electron chi connectivity index (χ4n) is 4.77. The summed E-state index contributed by atoms with van der Waals surface area (Å²) in [5.41, 5.74) is 4.70. The van der Waals surface area contributed by atoms with Crippen LogP contribution >= 0.6 is 0 Å². The molecule has 0 spiro atoms. The number of hydrogen-bond donors (Lipinski definition) is 0. The van der Waals surface area contributed by atoms with E-state index in [-0.39, 0.29) is 0 Å². The highest BCUT2D eigenvalue weighted by atomic mass is 16.3. The Bertz CT molecular complexity index is 907. The van der Waals surface area contributed by atoms with E-state index in [2.05, 4.69) is 54.0 Å². The number of hydrogen-bond acceptors (Lipinski definition) is 3. The Morgan fingerprint density at radius 1 is 1.00 bits per heavy atom. The van der Waals surface area contributed by atoms with Crippen molar-refractivity contribution >= 4 is 27.6 Å². The third kappa shape index (κ3) is 2.01. The zero-order valence-corrected chi connectivity index (χ0v) is 14.5. The molecule has 1 aromatic heterocycles. The first-order chi connectivity index (χ1) is 11.7. The van der Waals surface area contributed by atoms with Crippen LogP contribution in [0.3, 0.4) is 0 Å². The number of para-hydroxylation sites is 1. The van der Waals surface area contributed by atoms with Gasteiger partial charge in [-0.2, -0.15) is 0 Å².